The van der Waals surface area contributed by atoms with E-state index in [1.807, 2.05) is 25.9 Å². The van der Waals surface area contributed by atoms with E-state index in [-0.39, 0.29) is 17.4 Å². The normalized spacial score (nSPS) is 12.5. The molecule has 0 unspecified atom stereocenters. The van der Waals surface area contributed by atoms with Crippen LogP contribution < -0.4 is 5.32 Å². The minimum atomic E-state index is -0.543. The molecule has 1 atom stereocenters. The summed E-state index contributed by atoms with van der Waals surface area (Å²) in [6.45, 7) is 2.72. The van der Waals surface area contributed by atoms with Gasteiger partial charge in [-0.25, -0.2) is 4.39 Å². The fourth-order valence-electron chi connectivity index (χ4n) is 1.52. The predicted molar refractivity (Wildman–Crippen MR) is 68.2 cm³/mol. The molecule has 0 saturated heterocycles. The van der Waals surface area contributed by atoms with E-state index in [1.165, 1.54) is 6.07 Å². The van der Waals surface area contributed by atoms with E-state index in [0.29, 0.717) is 0 Å². The fourth-order valence-corrected chi connectivity index (χ4v) is 1.52. The number of phenolic OH excluding ortho intramolecular Hbond substituents is 1. The number of nitrogens with zero attached hydrogens (tertiary/aromatic N) is 1. The molecule has 0 saturated carbocycles. The quantitative estimate of drug-likeness (QED) is 0.839. The van der Waals surface area contributed by atoms with E-state index in [0.717, 1.165) is 25.1 Å². The van der Waals surface area contributed by atoms with Crippen molar-refractivity contribution in [1.29, 1.82) is 0 Å². The Morgan fingerprint density at radius 2 is 2.17 bits per heavy atom. The summed E-state index contributed by atoms with van der Waals surface area (Å²) in [5, 5.41) is 12.2. The lowest BCUT2D eigenvalue weighted by Gasteiger charge is -2.17. The van der Waals surface area contributed by atoms with Crippen LogP contribution in [0.15, 0.2) is 18.2 Å². The molecule has 0 aromatic heterocycles. The first-order valence-corrected chi connectivity index (χ1v) is 5.84. The van der Waals surface area contributed by atoms with Gasteiger partial charge in [-0.3, -0.25) is 4.79 Å². The molecule has 0 aliphatic carbocycles. The van der Waals surface area contributed by atoms with Crippen LogP contribution >= 0.6 is 0 Å². The van der Waals surface area contributed by atoms with Gasteiger partial charge >= 0.3 is 0 Å². The lowest BCUT2D eigenvalue weighted by molar-refractivity contribution is 0.0933. The van der Waals surface area contributed by atoms with Crippen molar-refractivity contribution in [1.82, 2.24) is 10.2 Å². The van der Waals surface area contributed by atoms with Crippen molar-refractivity contribution >= 4 is 5.91 Å². The maximum absolute atomic E-state index is 13.0. The minimum Gasteiger partial charge on any atom is -0.507 e. The molecular formula is C13H19FN2O2. The summed E-state index contributed by atoms with van der Waals surface area (Å²) in [5.74, 6) is -1.22. The largest absolute Gasteiger partial charge is 0.507 e. The lowest BCUT2D eigenvalue weighted by Crippen LogP contribution is -2.34. The van der Waals surface area contributed by atoms with Crippen LogP contribution in [-0.2, 0) is 0 Å². The standard InChI is InChI=1S/C13H19FN2O2/c1-9(6-7-16(2)3)15-13(18)11-8-10(14)4-5-12(11)17/h4-5,8-9,17H,6-7H2,1-3H3,(H,15,18)/t9-/m1/s1. The van der Waals surface area contributed by atoms with E-state index in [2.05, 4.69) is 5.32 Å². The SMILES string of the molecule is C[C@H](CCN(C)C)NC(=O)c1cc(F)ccc1O. The number of carbonyl (C=O) groups is 1. The number of rotatable bonds is 5. The predicted octanol–water partition coefficient (Wildman–Crippen LogP) is 1.60. The molecule has 1 amide bonds. The van der Waals surface area contributed by atoms with Gasteiger partial charge in [-0.2, -0.15) is 0 Å². The third-order valence-electron chi connectivity index (χ3n) is 2.59. The van der Waals surface area contributed by atoms with Crippen LogP contribution in [0, 0.1) is 5.82 Å². The van der Waals surface area contributed by atoms with Crippen molar-refractivity contribution < 1.29 is 14.3 Å². The number of carbonyl (C=O) groups excluding carboxylic acids is 1. The zero-order valence-electron chi connectivity index (χ0n) is 10.9. The third-order valence-corrected chi connectivity index (χ3v) is 2.59. The van der Waals surface area contributed by atoms with Gasteiger partial charge in [0.1, 0.15) is 11.6 Å². The summed E-state index contributed by atoms with van der Waals surface area (Å²) in [4.78, 5) is 13.8. The number of amides is 1. The highest BCUT2D eigenvalue weighted by atomic mass is 19.1. The van der Waals surface area contributed by atoms with Crippen molar-refractivity contribution in [2.75, 3.05) is 20.6 Å². The first-order chi connectivity index (χ1) is 8.40. The van der Waals surface area contributed by atoms with Crippen molar-refractivity contribution in [3.63, 3.8) is 0 Å². The molecule has 0 aliphatic rings. The first-order valence-electron chi connectivity index (χ1n) is 5.84. The number of aromatic hydroxyl groups is 1. The van der Waals surface area contributed by atoms with Crippen LogP contribution in [0.2, 0.25) is 0 Å². The Balaban J connectivity index is 2.62. The zero-order valence-corrected chi connectivity index (χ0v) is 10.9. The molecule has 0 radical (unpaired) electrons. The highest BCUT2D eigenvalue weighted by molar-refractivity contribution is 5.96. The molecule has 1 aromatic rings. The number of hydrogen-bond acceptors (Lipinski definition) is 3. The van der Waals surface area contributed by atoms with Crippen LogP contribution in [0.5, 0.6) is 5.75 Å². The van der Waals surface area contributed by atoms with Crippen LogP contribution in [0.1, 0.15) is 23.7 Å². The molecule has 18 heavy (non-hydrogen) atoms. The van der Waals surface area contributed by atoms with Crippen LogP contribution in [0.3, 0.4) is 0 Å². The monoisotopic (exact) mass is 254 g/mol. The topological polar surface area (TPSA) is 52.6 Å². The van der Waals surface area contributed by atoms with Gasteiger partial charge in [-0.05, 0) is 52.2 Å². The maximum atomic E-state index is 13.0. The minimum absolute atomic E-state index is 0.0355. The Labute approximate surface area is 106 Å². The first kappa shape index (κ1) is 14.4. The Morgan fingerprint density at radius 3 is 2.78 bits per heavy atom. The zero-order chi connectivity index (χ0) is 13.7. The molecular weight excluding hydrogens is 235 g/mol. The molecule has 0 heterocycles. The van der Waals surface area contributed by atoms with E-state index < -0.39 is 11.7 Å². The average molecular weight is 254 g/mol. The molecule has 0 aliphatic heterocycles. The lowest BCUT2D eigenvalue weighted by atomic mass is 10.1. The molecule has 1 aromatic carbocycles. The van der Waals surface area contributed by atoms with Crippen molar-refractivity contribution in [2.24, 2.45) is 0 Å². The highest BCUT2D eigenvalue weighted by Crippen LogP contribution is 2.17. The van der Waals surface area contributed by atoms with Crippen molar-refractivity contribution in [2.45, 2.75) is 19.4 Å². The molecule has 4 nitrogen and oxygen atoms in total. The van der Waals surface area contributed by atoms with Gasteiger partial charge in [0.15, 0.2) is 0 Å². The van der Waals surface area contributed by atoms with Gasteiger partial charge in [0.25, 0.3) is 5.91 Å². The maximum Gasteiger partial charge on any atom is 0.255 e. The summed E-state index contributed by atoms with van der Waals surface area (Å²) < 4.78 is 13.0. The van der Waals surface area contributed by atoms with Gasteiger partial charge in [-0.15, -0.1) is 0 Å². The average Bonchev–Trinajstić information content (AvgIpc) is 2.29. The number of nitrogens with one attached hydrogen (secondary N) is 1. The van der Waals surface area contributed by atoms with Crippen molar-refractivity contribution in [3.05, 3.63) is 29.6 Å². The van der Waals surface area contributed by atoms with E-state index in [4.69, 9.17) is 0 Å². The Bertz CT molecular complexity index is 421. The summed E-state index contributed by atoms with van der Waals surface area (Å²) in [5.41, 5.74) is -0.0355. The molecule has 0 fully saturated rings. The van der Waals surface area contributed by atoms with Gasteiger partial charge in [0.05, 0.1) is 5.56 Å². The number of benzene rings is 1. The van der Waals surface area contributed by atoms with Crippen LogP contribution in [0.25, 0.3) is 0 Å². The summed E-state index contributed by atoms with van der Waals surface area (Å²) in [6.07, 6.45) is 0.787. The van der Waals surface area contributed by atoms with Gasteiger partial charge in [0.2, 0.25) is 0 Å². The van der Waals surface area contributed by atoms with Gasteiger partial charge in [0, 0.05) is 6.04 Å². The summed E-state index contributed by atoms with van der Waals surface area (Å²) in [6, 6.07) is 3.28. The van der Waals surface area contributed by atoms with E-state index >= 15 is 0 Å². The molecule has 5 heteroatoms. The number of phenols is 1. The molecule has 0 bridgehead atoms. The third kappa shape index (κ3) is 4.33. The Hall–Kier alpha value is -1.62. The van der Waals surface area contributed by atoms with Crippen molar-refractivity contribution in [3.8, 4) is 5.75 Å². The fraction of sp³-hybridized carbons (Fsp3) is 0.462. The highest BCUT2D eigenvalue weighted by Gasteiger charge is 2.14. The molecule has 1 rings (SSSR count). The van der Waals surface area contributed by atoms with Gasteiger partial charge < -0.3 is 15.3 Å². The van der Waals surface area contributed by atoms with E-state index in [1.54, 1.807) is 0 Å². The Kier molecular flexibility index (Phi) is 5.09. The second kappa shape index (κ2) is 6.35. The second-order valence-electron chi connectivity index (χ2n) is 4.63. The van der Waals surface area contributed by atoms with Crippen LogP contribution in [-0.4, -0.2) is 42.6 Å². The Morgan fingerprint density at radius 1 is 1.50 bits per heavy atom. The molecule has 0 spiro atoms. The smallest absolute Gasteiger partial charge is 0.255 e. The number of halogens is 1. The molecule has 100 valence electrons. The summed E-state index contributed by atoms with van der Waals surface area (Å²) >= 11 is 0. The summed E-state index contributed by atoms with van der Waals surface area (Å²) in [7, 11) is 3.90. The van der Waals surface area contributed by atoms with Gasteiger partial charge in [-0.1, -0.05) is 0 Å². The number of hydrogen-bond donors (Lipinski definition) is 2. The van der Waals surface area contributed by atoms with Crippen LogP contribution in [0.4, 0.5) is 4.39 Å². The molecule has 2 N–H and O–H groups in total. The second-order valence-corrected chi connectivity index (χ2v) is 4.63. The van der Waals surface area contributed by atoms with E-state index in [9.17, 15) is 14.3 Å².